The second-order valence-electron chi connectivity index (χ2n) is 5.78. The molecule has 6 nitrogen and oxygen atoms in total. The van der Waals surface area contributed by atoms with Gasteiger partial charge in [0.25, 0.3) is 0 Å². The highest BCUT2D eigenvalue weighted by molar-refractivity contribution is 8.00. The molecule has 126 valence electrons. The zero-order chi connectivity index (χ0) is 17.4. The van der Waals surface area contributed by atoms with Gasteiger partial charge >= 0.3 is 5.97 Å². The first-order chi connectivity index (χ1) is 12.1. The van der Waals surface area contributed by atoms with Crippen molar-refractivity contribution in [1.82, 2.24) is 19.2 Å². The zero-order valence-corrected chi connectivity index (χ0v) is 14.3. The molecule has 0 unspecified atom stereocenters. The fourth-order valence-corrected chi connectivity index (χ4v) is 3.63. The van der Waals surface area contributed by atoms with Crippen molar-refractivity contribution in [2.24, 2.45) is 0 Å². The first-order valence-electron chi connectivity index (χ1n) is 7.91. The summed E-state index contributed by atoms with van der Waals surface area (Å²) in [6.45, 7) is 2.33. The summed E-state index contributed by atoms with van der Waals surface area (Å²) < 4.78 is 4.04. The van der Waals surface area contributed by atoms with Crippen molar-refractivity contribution in [3.05, 3.63) is 60.2 Å². The molecule has 0 bridgehead atoms. The van der Waals surface area contributed by atoms with E-state index in [2.05, 4.69) is 26.9 Å². The van der Waals surface area contributed by atoms with Gasteiger partial charge in [-0.3, -0.25) is 9.20 Å². The smallest absolute Gasteiger partial charge is 0.316 e. The normalized spacial score (nSPS) is 12.7. The maximum atomic E-state index is 11.2. The van der Waals surface area contributed by atoms with Gasteiger partial charge in [0.05, 0.1) is 17.6 Å². The third kappa shape index (κ3) is 2.76. The number of thioether (sulfide) groups is 1. The number of nitrogens with zero attached hydrogens (tertiary/aromatic N) is 4. The number of aliphatic carboxylic acids is 1. The van der Waals surface area contributed by atoms with Gasteiger partial charge in [-0.15, -0.1) is 10.2 Å². The van der Waals surface area contributed by atoms with Crippen molar-refractivity contribution < 1.29 is 9.90 Å². The highest BCUT2D eigenvalue weighted by Gasteiger charge is 2.21. The lowest BCUT2D eigenvalue weighted by Gasteiger charge is -2.04. The molecule has 2 aromatic heterocycles. The Kier molecular flexibility index (Phi) is 3.93. The maximum Gasteiger partial charge on any atom is 0.316 e. The van der Waals surface area contributed by atoms with Crippen LogP contribution in [-0.2, 0) is 11.3 Å². The quantitative estimate of drug-likeness (QED) is 0.558. The number of imidazole rings is 1. The minimum absolute atomic E-state index is 0.591. The summed E-state index contributed by atoms with van der Waals surface area (Å²) in [5.74, 6) is -0.153. The molecule has 7 heteroatoms. The molecule has 0 aliphatic carbocycles. The van der Waals surface area contributed by atoms with Crippen LogP contribution in [-0.4, -0.2) is 35.5 Å². The fourth-order valence-electron chi connectivity index (χ4n) is 2.84. The zero-order valence-electron chi connectivity index (χ0n) is 13.5. The Labute approximate surface area is 148 Å². The van der Waals surface area contributed by atoms with Gasteiger partial charge in [-0.25, -0.2) is 0 Å². The molecule has 0 aliphatic heterocycles. The number of aromatic nitrogens is 4. The Balaban J connectivity index is 1.87. The number of carboxylic acid groups (broad SMARTS) is 1. The molecule has 0 saturated carbocycles. The Morgan fingerprint density at radius 1 is 1.08 bits per heavy atom. The van der Waals surface area contributed by atoms with Gasteiger partial charge in [0, 0.05) is 0 Å². The summed E-state index contributed by atoms with van der Waals surface area (Å²) in [5.41, 5.74) is 3.18. The average molecular weight is 352 g/mol. The number of hydrogen-bond donors (Lipinski definition) is 1. The molecule has 2 heterocycles. The van der Waals surface area contributed by atoms with Crippen LogP contribution < -0.4 is 0 Å². The van der Waals surface area contributed by atoms with Crippen LogP contribution in [0.2, 0.25) is 0 Å². The molecule has 0 radical (unpaired) electrons. The van der Waals surface area contributed by atoms with Crippen molar-refractivity contribution >= 4 is 34.5 Å². The van der Waals surface area contributed by atoms with Crippen LogP contribution in [0.5, 0.6) is 0 Å². The van der Waals surface area contributed by atoms with E-state index in [0.29, 0.717) is 17.5 Å². The minimum Gasteiger partial charge on any atom is -0.480 e. The molecular formula is C18H16N4O2S. The average Bonchev–Trinajstić information content (AvgIpc) is 3.16. The van der Waals surface area contributed by atoms with Crippen molar-refractivity contribution in [2.75, 3.05) is 0 Å². The third-order valence-corrected chi connectivity index (χ3v) is 5.11. The second kappa shape index (κ2) is 6.25. The molecule has 0 amide bonds. The molecule has 0 aliphatic rings. The van der Waals surface area contributed by atoms with Gasteiger partial charge in [-0.2, -0.15) is 0 Å². The highest BCUT2D eigenvalue weighted by Crippen LogP contribution is 2.28. The van der Waals surface area contributed by atoms with Gasteiger partial charge < -0.3 is 9.67 Å². The standard InChI is InChI=1S/C18H16N4O2S/c1-12(16(23)24)25-18-20-19-17-21(11-13-7-3-2-4-8-13)14-9-5-6-10-15(14)22(17)18/h2-10,12H,11H2,1H3,(H,23,24)/t12-/m1/s1. The monoisotopic (exact) mass is 352 g/mol. The second-order valence-corrected chi connectivity index (χ2v) is 7.08. The van der Waals surface area contributed by atoms with Crippen LogP contribution >= 0.6 is 11.8 Å². The summed E-state index contributed by atoms with van der Waals surface area (Å²) in [5, 5.41) is 17.7. The Bertz CT molecular complexity index is 1060. The lowest BCUT2D eigenvalue weighted by atomic mass is 10.2. The fraction of sp³-hybridized carbons (Fsp3) is 0.167. The molecule has 0 spiro atoms. The van der Waals surface area contributed by atoms with Crippen molar-refractivity contribution in [2.45, 2.75) is 23.9 Å². The van der Waals surface area contributed by atoms with E-state index in [9.17, 15) is 9.90 Å². The molecule has 4 aromatic rings. The molecule has 0 saturated heterocycles. The predicted molar refractivity (Wildman–Crippen MR) is 97.0 cm³/mol. The first kappa shape index (κ1) is 15.7. The number of carboxylic acids is 1. The van der Waals surface area contributed by atoms with Crippen LogP contribution in [0.4, 0.5) is 0 Å². The number of para-hydroxylation sites is 2. The van der Waals surface area contributed by atoms with Crippen molar-refractivity contribution in [3.63, 3.8) is 0 Å². The highest BCUT2D eigenvalue weighted by atomic mass is 32.2. The van der Waals surface area contributed by atoms with Crippen LogP contribution in [0.25, 0.3) is 16.8 Å². The molecule has 0 fully saturated rings. The van der Waals surface area contributed by atoms with E-state index in [0.717, 1.165) is 11.0 Å². The molecule has 2 aromatic carbocycles. The molecular weight excluding hydrogens is 336 g/mol. The van der Waals surface area contributed by atoms with E-state index in [4.69, 9.17) is 0 Å². The van der Waals surface area contributed by atoms with Gasteiger partial charge in [-0.05, 0) is 24.6 Å². The summed E-state index contributed by atoms with van der Waals surface area (Å²) in [6, 6.07) is 18.2. The summed E-state index contributed by atoms with van der Waals surface area (Å²) in [4.78, 5) is 11.2. The number of rotatable bonds is 5. The summed E-state index contributed by atoms with van der Waals surface area (Å²) in [6.07, 6.45) is 0. The first-order valence-corrected chi connectivity index (χ1v) is 8.79. The largest absolute Gasteiger partial charge is 0.480 e. The van der Waals surface area contributed by atoms with Gasteiger partial charge in [0.2, 0.25) is 5.78 Å². The van der Waals surface area contributed by atoms with E-state index >= 15 is 0 Å². The number of benzene rings is 2. The Morgan fingerprint density at radius 2 is 1.76 bits per heavy atom. The lowest BCUT2D eigenvalue weighted by Crippen LogP contribution is -2.11. The van der Waals surface area contributed by atoms with Crippen LogP contribution in [0.15, 0.2) is 59.8 Å². The van der Waals surface area contributed by atoms with Gasteiger partial charge in [0.15, 0.2) is 5.16 Å². The van der Waals surface area contributed by atoms with E-state index in [-0.39, 0.29) is 0 Å². The molecule has 1 N–H and O–H groups in total. The van der Waals surface area contributed by atoms with Crippen LogP contribution in [0.3, 0.4) is 0 Å². The SMILES string of the molecule is C[C@@H](Sc1nnc2n(Cc3ccccc3)c3ccccc3n12)C(=O)O. The van der Waals surface area contributed by atoms with Gasteiger partial charge in [-0.1, -0.05) is 54.2 Å². The Hall–Kier alpha value is -2.80. The molecule has 4 rings (SSSR count). The number of fused-ring (bicyclic) bond motifs is 3. The molecule has 25 heavy (non-hydrogen) atoms. The topological polar surface area (TPSA) is 72.4 Å². The summed E-state index contributed by atoms with van der Waals surface area (Å²) in [7, 11) is 0. The Morgan fingerprint density at radius 3 is 2.48 bits per heavy atom. The van der Waals surface area contributed by atoms with Crippen LogP contribution in [0, 0.1) is 0 Å². The van der Waals surface area contributed by atoms with E-state index in [1.54, 1.807) is 6.92 Å². The summed E-state index contributed by atoms with van der Waals surface area (Å²) >= 11 is 1.20. The number of hydrogen-bond acceptors (Lipinski definition) is 4. The lowest BCUT2D eigenvalue weighted by molar-refractivity contribution is -0.136. The van der Waals surface area contributed by atoms with Crippen molar-refractivity contribution in [1.29, 1.82) is 0 Å². The predicted octanol–water partition coefficient (Wildman–Crippen LogP) is 3.30. The maximum absolute atomic E-state index is 11.2. The van der Waals surface area contributed by atoms with Crippen LogP contribution in [0.1, 0.15) is 12.5 Å². The third-order valence-electron chi connectivity index (χ3n) is 4.08. The van der Waals surface area contributed by atoms with Crippen molar-refractivity contribution in [3.8, 4) is 0 Å². The van der Waals surface area contributed by atoms with Gasteiger partial charge in [0.1, 0.15) is 5.25 Å². The van der Waals surface area contributed by atoms with E-state index in [1.807, 2.05) is 46.9 Å². The minimum atomic E-state index is -0.866. The number of carbonyl (C=O) groups is 1. The van der Waals surface area contributed by atoms with E-state index < -0.39 is 11.2 Å². The van der Waals surface area contributed by atoms with E-state index in [1.165, 1.54) is 17.3 Å². The molecule has 1 atom stereocenters.